The molecule has 0 amide bonds. The highest BCUT2D eigenvalue weighted by Gasteiger charge is 2.36. The molecule has 2 unspecified atom stereocenters. The Balaban J connectivity index is 1.86. The predicted octanol–water partition coefficient (Wildman–Crippen LogP) is 3.54. The number of carbonyl (C=O) groups is 1. The molecular formula is C16H24O3Si. The molecule has 0 radical (unpaired) electrons. The normalized spacial score (nSPS) is 23.4. The molecule has 1 saturated heterocycles. The topological polar surface area (TPSA) is 35.5 Å². The van der Waals surface area contributed by atoms with E-state index >= 15 is 0 Å². The summed E-state index contributed by atoms with van der Waals surface area (Å²) < 4.78 is 11.4. The third-order valence-electron chi connectivity index (χ3n) is 3.71. The second kappa shape index (κ2) is 6.55. The molecule has 0 spiro atoms. The van der Waals surface area contributed by atoms with Gasteiger partial charge in [-0.1, -0.05) is 50.0 Å². The molecule has 0 N–H and O–H groups in total. The Morgan fingerprint density at radius 2 is 1.95 bits per heavy atom. The van der Waals surface area contributed by atoms with E-state index in [1.54, 1.807) is 0 Å². The van der Waals surface area contributed by atoms with Crippen LogP contribution in [0.1, 0.15) is 24.8 Å². The molecule has 1 heterocycles. The smallest absolute Gasteiger partial charge is 0.335 e. The van der Waals surface area contributed by atoms with Gasteiger partial charge in [-0.3, -0.25) is 0 Å². The van der Waals surface area contributed by atoms with Gasteiger partial charge in [0.05, 0.1) is 8.07 Å². The van der Waals surface area contributed by atoms with Crippen LogP contribution in [0.15, 0.2) is 30.3 Å². The Bertz CT molecular complexity index is 439. The van der Waals surface area contributed by atoms with E-state index in [1.807, 2.05) is 30.3 Å². The molecule has 1 aromatic carbocycles. The predicted molar refractivity (Wildman–Crippen MR) is 82.1 cm³/mol. The van der Waals surface area contributed by atoms with Crippen molar-refractivity contribution < 1.29 is 14.3 Å². The van der Waals surface area contributed by atoms with Gasteiger partial charge in [0, 0.05) is 5.73 Å². The zero-order chi connectivity index (χ0) is 14.6. The van der Waals surface area contributed by atoms with Gasteiger partial charge in [0.15, 0.2) is 6.10 Å². The van der Waals surface area contributed by atoms with Crippen molar-refractivity contribution in [1.82, 2.24) is 0 Å². The van der Waals surface area contributed by atoms with Gasteiger partial charge in [-0.2, -0.15) is 0 Å². The van der Waals surface area contributed by atoms with Gasteiger partial charge in [0.25, 0.3) is 0 Å². The second-order valence-corrected chi connectivity index (χ2v) is 11.9. The Morgan fingerprint density at radius 3 is 2.60 bits per heavy atom. The summed E-state index contributed by atoms with van der Waals surface area (Å²) in [4.78, 5) is 12.1. The first-order chi connectivity index (χ1) is 9.47. The molecule has 1 aromatic rings. The molecule has 1 fully saturated rings. The Morgan fingerprint density at radius 1 is 1.25 bits per heavy atom. The maximum absolute atomic E-state index is 12.1. The molecule has 0 aliphatic carbocycles. The maximum Gasteiger partial charge on any atom is 0.335 e. The fourth-order valence-corrected chi connectivity index (χ4v) is 4.10. The molecule has 4 heteroatoms. The van der Waals surface area contributed by atoms with Gasteiger partial charge in [-0.25, -0.2) is 4.79 Å². The van der Waals surface area contributed by atoms with Crippen molar-refractivity contribution >= 4 is 14.0 Å². The molecule has 20 heavy (non-hydrogen) atoms. The van der Waals surface area contributed by atoms with E-state index in [4.69, 9.17) is 9.47 Å². The number of carbonyl (C=O) groups excluding carboxylic acids is 1. The van der Waals surface area contributed by atoms with Crippen LogP contribution in [-0.4, -0.2) is 25.9 Å². The van der Waals surface area contributed by atoms with Crippen LogP contribution in [0.25, 0.3) is 0 Å². The molecule has 1 aliphatic heterocycles. The third-order valence-corrected chi connectivity index (χ3v) is 6.07. The standard InChI is InChI=1S/C16H24O3Si/c1-20(2,3)15-11-7-10-14(19-15)16(17)18-12-13-8-5-4-6-9-13/h4-6,8-9,14-15H,7,10-12H2,1-3H3. The van der Waals surface area contributed by atoms with Gasteiger partial charge in [0.1, 0.15) is 6.61 Å². The van der Waals surface area contributed by atoms with Crippen LogP contribution in [-0.2, 0) is 20.9 Å². The Hall–Kier alpha value is -1.13. The van der Waals surface area contributed by atoms with E-state index in [1.165, 1.54) is 0 Å². The van der Waals surface area contributed by atoms with E-state index in [2.05, 4.69) is 19.6 Å². The SMILES string of the molecule is C[Si](C)(C)C1CCCC(C(=O)OCc2ccccc2)O1. The van der Waals surface area contributed by atoms with Gasteiger partial charge in [0.2, 0.25) is 0 Å². The van der Waals surface area contributed by atoms with Crippen LogP contribution in [0.5, 0.6) is 0 Å². The monoisotopic (exact) mass is 292 g/mol. The van der Waals surface area contributed by atoms with Crippen molar-refractivity contribution in [2.75, 3.05) is 0 Å². The number of ether oxygens (including phenoxy) is 2. The summed E-state index contributed by atoms with van der Waals surface area (Å²) in [7, 11) is -1.36. The van der Waals surface area contributed by atoms with Crippen LogP contribution in [0.3, 0.4) is 0 Å². The molecule has 110 valence electrons. The minimum atomic E-state index is -1.36. The number of rotatable bonds is 4. The minimum Gasteiger partial charge on any atom is -0.459 e. The highest BCUT2D eigenvalue weighted by Crippen LogP contribution is 2.26. The van der Waals surface area contributed by atoms with Gasteiger partial charge >= 0.3 is 5.97 Å². The molecular weight excluding hydrogens is 268 g/mol. The molecule has 2 atom stereocenters. The third kappa shape index (κ3) is 4.18. The average Bonchev–Trinajstić information content (AvgIpc) is 2.45. The van der Waals surface area contributed by atoms with E-state index in [0.717, 1.165) is 24.8 Å². The van der Waals surface area contributed by atoms with E-state index in [9.17, 15) is 4.79 Å². The van der Waals surface area contributed by atoms with Crippen molar-refractivity contribution in [3.63, 3.8) is 0 Å². The van der Waals surface area contributed by atoms with Crippen LogP contribution in [0.2, 0.25) is 19.6 Å². The maximum atomic E-state index is 12.1. The van der Waals surface area contributed by atoms with Crippen molar-refractivity contribution in [1.29, 1.82) is 0 Å². The summed E-state index contributed by atoms with van der Waals surface area (Å²) in [6, 6.07) is 9.76. The molecule has 3 nitrogen and oxygen atoms in total. The largest absolute Gasteiger partial charge is 0.459 e. The van der Waals surface area contributed by atoms with E-state index < -0.39 is 8.07 Å². The fourth-order valence-electron chi connectivity index (χ4n) is 2.46. The lowest BCUT2D eigenvalue weighted by Crippen LogP contribution is -2.47. The number of hydrogen-bond acceptors (Lipinski definition) is 3. The fraction of sp³-hybridized carbons (Fsp3) is 0.562. The summed E-state index contributed by atoms with van der Waals surface area (Å²) in [5.74, 6) is -0.211. The summed E-state index contributed by atoms with van der Waals surface area (Å²) in [5.41, 5.74) is 1.28. The van der Waals surface area contributed by atoms with Gasteiger partial charge < -0.3 is 9.47 Å². The first-order valence-corrected chi connectivity index (χ1v) is 10.9. The lowest BCUT2D eigenvalue weighted by molar-refractivity contribution is -0.163. The molecule has 1 aliphatic rings. The first-order valence-electron chi connectivity index (χ1n) is 7.33. The highest BCUT2D eigenvalue weighted by atomic mass is 28.3. The molecule has 2 rings (SSSR count). The Kier molecular flexibility index (Phi) is 4.99. The summed E-state index contributed by atoms with van der Waals surface area (Å²) in [6.07, 6.45) is 2.55. The zero-order valence-electron chi connectivity index (χ0n) is 12.6. The summed E-state index contributed by atoms with van der Waals surface area (Å²) in [5, 5.41) is 0. The quantitative estimate of drug-likeness (QED) is 0.629. The second-order valence-electron chi connectivity index (χ2n) is 6.50. The highest BCUT2D eigenvalue weighted by molar-refractivity contribution is 6.77. The van der Waals surface area contributed by atoms with Crippen molar-refractivity contribution in [3.05, 3.63) is 35.9 Å². The van der Waals surface area contributed by atoms with Crippen molar-refractivity contribution in [2.24, 2.45) is 0 Å². The van der Waals surface area contributed by atoms with E-state index in [0.29, 0.717) is 6.61 Å². The van der Waals surface area contributed by atoms with Crippen molar-refractivity contribution in [2.45, 2.75) is 57.3 Å². The lowest BCUT2D eigenvalue weighted by Gasteiger charge is -2.35. The Labute approximate surface area is 122 Å². The molecule has 0 bridgehead atoms. The molecule has 0 aromatic heterocycles. The minimum absolute atomic E-state index is 0.211. The van der Waals surface area contributed by atoms with Crippen LogP contribution < -0.4 is 0 Å². The summed E-state index contributed by atoms with van der Waals surface area (Å²) >= 11 is 0. The number of benzene rings is 1. The van der Waals surface area contributed by atoms with Gasteiger partial charge in [-0.05, 0) is 24.8 Å². The van der Waals surface area contributed by atoms with E-state index in [-0.39, 0.29) is 17.8 Å². The van der Waals surface area contributed by atoms with Crippen molar-refractivity contribution in [3.8, 4) is 0 Å². The van der Waals surface area contributed by atoms with Crippen LogP contribution in [0.4, 0.5) is 0 Å². The van der Waals surface area contributed by atoms with Crippen LogP contribution >= 0.6 is 0 Å². The zero-order valence-corrected chi connectivity index (χ0v) is 13.6. The lowest BCUT2D eigenvalue weighted by atomic mass is 10.1. The first kappa shape index (κ1) is 15.3. The van der Waals surface area contributed by atoms with Gasteiger partial charge in [-0.15, -0.1) is 0 Å². The molecule has 0 saturated carbocycles. The number of esters is 1. The number of hydrogen-bond donors (Lipinski definition) is 0. The average molecular weight is 292 g/mol. The van der Waals surface area contributed by atoms with Crippen LogP contribution in [0, 0.1) is 0 Å². The summed E-state index contributed by atoms with van der Waals surface area (Å²) in [6.45, 7) is 7.19.